The summed E-state index contributed by atoms with van der Waals surface area (Å²) >= 11 is 1.05. The number of methoxy groups -OCH3 is 1. The van der Waals surface area contributed by atoms with E-state index in [0.717, 1.165) is 33.7 Å². The molecule has 0 saturated carbocycles. The smallest absolute Gasteiger partial charge is 0.338 e. The van der Waals surface area contributed by atoms with Gasteiger partial charge in [0.15, 0.2) is 4.80 Å². The summed E-state index contributed by atoms with van der Waals surface area (Å²) < 4.78 is 12.1. The molecule has 0 saturated heterocycles. The van der Waals surface area contributed by atoms with Crippen molar-refractivity contribution in [1.29, 1.82) is 0 Å². The maximum atomic E-state index is 13.9. The number of carbonyl (C=O) groups is 1. The van der Waals surface area contributed by atoms with Crippen molar-refractivity contribution in [3.05, 3.63) is 107 Å². The molecule has 10 nitrogen and oxygen atoms in total. The topological polar surface area (TPSA) is 133 Å². The predicted octanol–water partition coefficient (Wildman–Crippen LogP) is 3.57. The molecule has 4 aromatic rings. The van der Waals surface area contributed by atoms with Crippen LogP contribution in [-0.4, -0.2) is 34.3 Å². The SMILES string of the molecule is CCOC(=O)C1=C(C)N=c2s/c(=C/c3cc(OC)cc([N+](=O)[O-])c3O)c(=O)n2[C@@H]1c1cccc2ccccc12. The number of ether oxygens (including phenoxy) is 2. The summed E-state index contributed by atoms with van der Waals surface area (Å²) in [5.41, 5.74) is 0.386. The van der Waals surface area contributed by atoms with Gasteiger partial charge in [-0.05, 0) is 42.3 Å². The number of nitro groups is 1. The summed E-state index contributed by atoms with van der Waals surface area (Å²) in [5.74, 6) is -1.03. The molecule has 39 heavy (non-hydrogen) atoms. The van der Waals surface area contributed by atoms with Crippen LogP contribution in [0.1, 0.15) is 31.0 Å². The number of thiazole rings is 1. The largest absolute Gasteiger partial charge is 0.502 e. The lowest BCUT2D eigenvalue weighted by atomic mass is 9.91. The second-order valence-electron chi connectivity index (χ2n) is 8.71. The molecule has 0 bridgehead atoms. The Morgan fingerprint density at radius 2 is 1.97 bits per heavy atom. The van der Waals surface area contributed by atoms with E-state index in [1.165, 1.54) is 23.8 Å². The fourth-order valence-corrected chi connectivity index (χ4v) is 5.73. The second kappa shape index (κ2) is 10.2. The van der Waals surface area contributed by atoms with Crippen LogP contribution in [0.15, 0.2) is 75.7 Å². The molecule has 0 radical (unpaired) electrons. The lowest BCUT2D eigenvalue weighted by Gasteiger charge is -2.25. The van der Waals surface area contributed by atoms with Gasteiger partial charge >= 0.3 is 11.7 Å². The fourth-order valence-electron chi connectivity index (χ4n) is 4.70. The number of nitrogens with zero attached hydrogens (tertiary/aromatic N) is 3. The number of phenols is 1. The zero-order valence-corrected chi connectivity index (χ0v) is 22.0. The third kappa shape index (κ3) is 4.46. The van der Waals surface area contributed by atoms with Gasteiger partial charge in [-0.3, -0.25) is 19.5 Å². The summed E-state index contributed by atoms with van der Waals surface area (Å²) in [7, 11) is 1.34. The molecule has 0 aliphatic carbocycles. The van der Waals surface area contributed by atoms with Crippen LogP contribution in [0.2, 0.25) is 0 Å². The summed E-state index contributed by atoms with van der Waals surface area (Å²) in [4.78, 5) is 42.7. The highest BCUT2D eigenvalue weighted by atomic mass is 32.1. The van der Waals surface area contributed by atoms with Gasteiger partial charge in [0.1, 0.15) is 5.75 Å². The number of aromatic nitrogens is 1. The van der Waals surface area contributed by atoms with Crippen LogP contribution in [0.5, 0.6) is 11.5 Å². The number of benzene rings is 3. The maximum absolute atomic E-state index is 13.9. The summed E-state index contributed by atoms with van der Waals surface area (Å²) in [6, 6.07) is 15.0. The highest BCUT2D eigenvalue weighted by Gasteiger charge is 2.34. The molecule has 0 fully saturated rings. The lowest BCUT2D eigenvalue weighted by molar-refractivity contribution is -0.385. The first-order chi connectivity index (χ1) is 18.7. The second-order valence-corrected chi connectivity index (χ2v) is 9.72. The Kier molecular flexibility index (Phi) is 6.75. The highest BCUT2D eigenvalue weighted by molar-refractivity contribution is 7.07. The Bertz CT molecular complexity index is 1860. The Morgan fingerprint density at radius 3 is 2.69 bits per heavy atom. The standard InChI is InChI=1S/C28H23N3O7S/c1-4-38-27(34)23-15(2)29-28-30(24(23)20-11-7-9-16-8-5-6-10-19(16)20)26(33)22(39-28)13-17-12-18(37-3)14-21(25(17)32)31(35)36/h5-14,24,32H,4H2,1-3H3/b22-13+/t24-/m1/s1. The van der Waals surface area contributed by atoms with Gasteiger partial charge in [0.25, 0.3) is 5.56 Å². The van der Waals surface area contributed by atoms with Crippen LogP contribution < -0.4 is 19.6 Å². The number of fused-ring (bicyclic) bond motifs is 2. The van der Waals surface area contributed by atoms with Crippen molar-refractivity contribution in [3.8, 4) is 11.5 Å². The van der Waals surface area contributed by atoms with E-state index in [1.807, 2.05) is 42.5 Å². The molecule has 1 N–H and O–H groups in total. The normalized spacial score (nSPS) is 15.2. The first-order valence-electron chi connectivity index (χ1n) is 12.0. The van der Waals surface area contributed by atoms with E-state index in [1.54, 1.807) is 13.8 Å². The first-order valence-corrected chi connectivity index (χ1v) is 12.8. The van der Waals surface area contributed by atoms with Gasteiger partial charge in [-0.25, -0.2) is 9.79 Å². The van der Waals surface area contributed by atoms with Crippen LogP contribution in [0, 0.1) is 10.1 Å². The van der Waals surface area contributed by atoms with Crippen LogP contribution >= 0.6 is 11.3 Å². The van der Waals surface area contributed by atoms with Gasteiger partial charge in [0, 0.05) is 5.56 Å². The molecule has 1 atom stereocenters. The van der Waals surface area contributed by atoms with Crippen molar-refractivity contribution in [2.24, 2.45) is 4.99 Å². The third-order valence-corrected chi connectivity index (χ3v) is 7.43. The summed E-state index contributed by atoms with van der Waals surface area (Å²) in [6.45, 7) is 3.55. The molecule has 198 valence electrons. The molecule has 2 heterocycles. The number of aromatic hydroxyl groups is 1. The van der Waals surface area contributed by atoms with Crippen LogP contribution in [0.25, 0.3) is 16.8 Å². The molecule has 0 amide bonds. The minimum absolute atomic E-state index is 0.0364. The van der Waals surface area contributed by atoms with E-state index >= 15 is 0 Å². The highest BCUT2D eigenvalue weighted by Crippen LogP contribution is 2.36. The maximum Gasteiger partial charge on any atom is 0.338 e. The van der Waals surface area contributed by atoms with Crippen molar-refractivity contribution in [2.45, 2.75) is 19.9 Å². The number of nitro benzene ring substituents is 1. The van der Waals surface area contributed by atoms with Crippen LogP contribution in [-0.2, 0) is 9.53 Å². The minimum atomic E-state index is -0.832. The molecule has 1 aliphatic heterocycles. The summed E-state index contributed by atoms with van der Waals surface area (Å²) in [6.07, 6.45) is 1.36. The minimum Gasteiger partial charge on any atom is -0.502 e. The Hall–Kier alpha value is -4.77. The van der Waals surface area contributed by atoms with E-state index in [2.05, 4.69) is 4.99 Å². The first kappa shape index (κ1) is 25.9. The van der Waals surface area contributed by atoms with E-state index in [4.69, 9.17) is 9.47 Å². The van der Waals surface area contributed by atoms with Gasteiger partial charge in [-0.1, -0.05) is 53.8 Å². The molecule has 0 spiro atoms. The van der Waals surface area contributed by atoms with Gasteiger partial charge in [0.05, 0.1) is 46.6 Å². The van der Waals surface area contributed by atoms with E-state index in [9.17, 15) is 24.8 Å². The lowest BCUT2D eigenvalue weighted by Crippen LogP contribution is -2.40. The molecular weight excluding hydrogens is 522 g/mol. The molecule has 0 unspecified atom stereocenters. The Labute approximate surface area is 225 Å². The van der Waals surface area contributed by atoms with Gasteiger partial charge < -0.3 is 14.6 Å². The number of phenolic OH excluding ortho intramolecular Hbond substituents is 1. The van der Waals surface area contributed by atoms with E-state index < -0.39 is 33.9 Å². The van der Waals surface area contributed by atoms with Crippen LogP contribution in [0.4, 0.5) is 5.69 Å². The van der Waals surface area contributed by atoms with Crippen molar-refractivity contribution in [3.63, 3.8) is 0 Å². The monoisotopic (exact) mass is 545 g/mol. The van der Waals surface area contributed by atoms with Crippen molar-refractivity contribution < 1.29 is 24.3 Å². The van der Waals surface area contributed by atoms with Crippen LogP contribution in [0.3, 0.4) is 0 Å². The number of allylic oxidation sites excluding steroid dienone is 1. The van der Waals surface area contributed by atoms with Crippen molar-refractivity contribution in [2.75, 3.05) is 13.7 Å². The average molecular weight is 546 g/mol. The Balaban J connectivity index is 1.81. The number of hydrogen-bond donors (Lipinski definition) is 1. The van der Waals surface area contributed by atoms with Crippen molar-refractivity contribution in [1.82, 2.24) is 4.57 Å². The number of hydrogen-bond acceptors (Lipinski definition) is 9. The number of carbonyl (C=O) groups excluding carboxylic acids is 1. The molecule has 5 rings (SSSR count). The molecule has 1 aromatic heterocycles. The number of esters is 1. The zero-order chi connectivity index (χ0) is 27.8. The third-order valence-electron chi connectivity index (χ3n) is 6.45. The fraction of sp³-hybridized carbons (Fsp3) is 0.179. The molecular formula is C28H23N3O7S. The van der Waals surface area contributed by atoms with Crippen molar-refractivity contribution >= 4 is 39.8 Å². The van der Waals surface area contributed by atoms with Gasteiger partial charge in [-0.2, -0.15) is 0 Å². The number of rotatable bonds is 6. The van der Waals surface area contributed by atoms with Gasteiger partial charge in [0.2, 0.25) is 5.75 Å². The van der Waals surface area contributed by atoms with Gasteiger partial charge in [-0.15, -0.1) is 0 Å². The molecule has 3 aromatic carbocycles. The van der Waals surface area contributed by atoms with E-state index in [0.29, 0.717) is 10.5 Å². The van der Waals surface area contributed by atoms with E-state index in [-0.39, 0.29) is 28.0 Å². The predicted molar refractivity (Wildman–Crippen MR) is 146 cm³/mol. The Morgan fingerprint density at radius 1 is 1.23 bits per heavy atom. The average Bonchev–Trinajstić information content (AvgIpc) is 3.22. The molecule has 1 aliphatic rings. The summed E-state index contributed by atoms with van der Waals surface area (Å²) in [5, 5.41) is 23.8. The molecule has 11 heteroatoms. The quantitative estimate of drug-likeness (QED) is 0.222. The zero-order valence-electron chi connectivity index (χ0n) is 21.2.